The highest BCUT2D eigenvalue weighted by molar-refractivity contribution is 6.34. The Balaban J connectivity index is 0.000000181. The first-order valence-electron chi connectivity index (χ1n) is 45.2. The van der Waals surface area contributed by atoms with Crippen molar-refractivity contribution in [1.82, 2.24) is 49.8 Å². The first kappa shape index (κ1) is 93.3. The summed E-state index contributed by atoms with van der Waals surface area (Å²) >= 11 is 25.7. The summed E-state index contributed by atoms with van der Waals surface area (Å²) in [6.07, 6.45) is 34.2. The van der Waals surface area contributed by atoms with Gasteiger partial charge < -0.3 is 24.5 Å². The monoisotopic (exact) mass is 1880 g/mol. The van der Waals surface area contributed by atoms with Crippen molar-refractivity contribution in [1.29, 1.82) is 0 Å². The number of carbonyl (C=O) groups is 5. The molecule has 0 aliphatic rings. The van der Waals surface area contributed by atoms with Crippen molar-refractivity contribution in [2.45, 2.75) is 88.0 Å². The van der Waals surface area contributed by atoms with Crippen molar-refractivity contribution >= 4 is 132 Å². The largest absolute Gasteiger partial charge is 0.341 e. The summed E-state index contributed by atoms with van der Waals surface area (Å²) in [6, 6.07) is 59.9. The maximum absolute atomic E-state index is 14.3. The second-order valence-corrected chi connectivity index (χ2v) is 33.5. The van der Waals surface area contributed by atoms with Gasteiger partial charge in [0.15, 0.2) is 40.6 Å². The van der Waals surface area contributed by atoms with Crippen molar-refractivity contribution in [3.63, 3.8) is 0 Å². The molecule has 15 aromatic rings. The quantitative estimate of drug-likeness (QED) is 0.0313. The van der Waals surface area contributed by atoms with E-state index >= 15 is 0 Å². The lowest BCUT2D eigenvalue weighted by Gasteiger charge is -2.27. The fraction of sp³-hybridized carbons (Fsp3) is 0.183. The summed E-state index contributed by atoms with van der Waals surface area (Å²) in [5, 5.41) is 1.73. The molecule has 684 valence electrons. The summed E-state index contributed by atoms with van der Waals surface area (Å²) < 4.78 is 75.8. The molecule has 20 nitrogen and oxygen atoms in total. The van der Waals surface area contributed by atoms with Gasteiger partial charge in [0.25, 0.3) is 0 Å². The summed E-state index contributed by atoms with van der Waals surface area (Å²) in [4.78, 5) is 111. The first-order chi connectivity index (χ1) is 66.9. The molecular weight excluding hydrogens is 1780 g/mol. The van der Waals surface area contributed by atoms with Crippen LogP contribution < -0.4 is 24.5 Å². The van der Waals surface area contributed by atoms with Crippen LogP contribution in [0.25, 0.3) is 0 Å². The van der Waals surface area contributed by atoms with Gasteiger partial charge in [-0.1, -0.05) is 213 Å². The van der Waals surface area contributed by atoms with Crippen LogP contribution in [0.15, 0.2) is 300 Å². The van der Waals surface area contributed by atoms with Gasteiger partial charge in [-0.3, -0.25) is 24.0 Å². The molecule has 0 saturated carbocycles. The van der Waals surface area contributed by atoms with Gasteiger partial charge in [-0.15, -0.1) is 12.8 Å². The van der Waals surface area contributed by atoms with Gasteiger partial charge in [-0.25, -0.2) is 58.6 Å². The third-order valence-electron chi connectivity index (χ3n) is 20.4. The molecule has 0 aliphatic carbocycles. The minimum atomic E-state index is -2.53. The second-order valence-electron chi connectivity index (χ2n) is 31.8. The van der Waals surface area contributed by atoms with Gasteiger partial charge in [-0.2, -0.15) is 0 Å². The number of Topliss-reactive ketones (excluding diaryl/α,β-unsaturated/α-hetero) is 5. The van der Waals surface area contributed by atoms with Gasteiger partial charge >= 0.3 is 0 Å². The van der Waals surface area contributed by atoms with E-state index in [0.29, 0.717) is 84.1 Å². The minimum Gasteiger partial charge on any atom is -0.341 e. The van der Waals surface area contributed by atoms with E-state index in [1.165, 1.54) is 79.8 Å². The van der Waals surface area contributed by atoms with Crippen molar-refractivity contribution in [3.05, 3.63) is 415 Å². The molecule has 0 saturated heterocycles. The zero-order valence-corrected chi connectivity index (χ0v) is 77.6. The van der Waals surface area contributed by atoms with E-state index < -0.39 is 25.6 Å². The fourth-order valence-electron chi connectivity index (χ4n) is 13.8. The molecule has 0 N–H and O–H groups in total. The number of hydrogen-bond donors (Lipinski definition) is 0. The average molecular weight is 1890 g/mol. The lowest BCUT2D eigenvalue weighted by atomic mass is 10.0. The van der Waals surface area contributed by atoms with Crippen LogP contribution in [0.4, 0.5) is 65.7 Å². The number of rotatable bonds is 29. The number of nitrogens with zero attached hydrogens (tertiary/aromatic N) is 15. The number of halogens is 6. The molecule has 5 aromatic heterocycles. The number of aryl methyl sites for hydroxylation is 3. The van der Waals surface area contributed by atoms with Gasteiger partial charge in [0.1, 0.15) is 31.6 Å². The van der Waals surface area contributed by atoms with Crippen LogP contribution in [-0.2, 0) is 32.1 Å². The molecule has 0 amide bonds. The van der Waals surface area contributed by atoms with E-state index in [9.17, 15) is 32.8 Å². The van der Waals surface area contributed by atoms with Crippen molar-refractivity contribution in [3.8, 4) is 24.7 Å². The Bertz CT molecular complexity index is 6940. The smallest absolute Gasteiger partial charge is 0.182 e. The lowest BCUT2D eigenvalue weighted by Crippen LogP contribution is -2.23. The highest BCUT2D eigenvalue weighted by atomic mass is 35.5. The number of hydrogen-bond acceptors (Lipinski definition) is 20. The molecule has 0 radical (unpaired) electrons. The zero-order valence-electron chi connectivity index (χ0n) is 80.6. The topological polar surface area (TPSA) is 230 Å². The lowest BCUT2D eigenvalue weighted by molar-refractivity contribution is 0.0984. The highest BCUT2D eigenvalue weighted by Gasteiger charge is 2.24. The van der Waals surface area contributed by atoms with Crippen LogP contribution in [0.5, 0.6) is 0 Å². The normalized spacial score (nSPS) is 11.3. The second kappa shape index (κ2) is 50.1. The molecule has 135 heavy (non-hydrogen) atoms. The van der Waals surface area contributed by atoms with Crippen LogP contribution in [0.1, 0.15) is 151 Å². The molecule has 0 spiro atoms. The molecule has 0 aliphatic heterocycles. The highest BCUT2D eigenvalue weighted by Crippen LogP contribution is 2.38. The van der Waals surface area contributed by atoms with Crippen molar-refractivity contribution in [2.24, 2.45) is 11.8 Å². The number of ketones is 5. The maximum Gasteiger partial charge on any atom is 0.182 e. The molecule has 15 rings (SSSR count). The molecule has 5 heterocycles. The van der Waals surface area contributed by atoms with Crippen LogP contribution >= 0.6 is 46.4 Å². The Morgan fingerprint density at radius 1 is 0.341 bits per heavy atom. The number of terminal acetylenes is 2. The fourth-order valence-corrected chi connectivity index (χ4v) is 14.7. The molecular formula is C109H101Cl4F2N15O5. The van der Waals surface area contributed by atoms with Crippen molar-refractivity contribution in [2.75, 3.05) is 58.6 Å². The van der Waals surface area contributed by atoms with E-state index in [4.69, 9.17) is 67.5 Å². The molecule has 0 atom stereocenters. The molecule has 10 aromatic carbocycles. The Morgan fingerprint density at radius 2 is 0.600 bits per heavy atom. The van der Waals surface area contributed by atoms with E-state index in [1.807, 2.05) is 112 Å². The Kier molecular flexibility index (Phi) is 34.6. The standard InChI is InChI=1S/C24H22ClN3O.C23H24ClN3O.C21H16ClN3O.C20H18ClN3O.C20H17F2N3O.CH4/c1-4-18-6-5-7-20(10-18)24(29)12-19-8-9-22(25)23(11-19)28(15-17(2)3)21-13-26-16-27-14-21;1-16(2)14-27(20-12-25-15-26-13-20)22-10-18(7-8-21(22)24)11-23(28)19-6-4-5-17(3)9-19;1-3-15-5-4-6-17(9-15)21(26)11-16-7-8-19(22)20(10-16)25(2)18-12-23-14-24-13-18;1-14-4-3-5-16(8-14)20(25)10-15-6-7-18(21)19(9-15)24(2)17-11-22-13-23-12-17;1-13-4-3-5-15(6-13)19(26)9-14-7-17(21)20(22)18(8-14)25(2)16-10-23-12-24-11-16;/h1,5-11,13-14,16-17H,12,15H2,2-3H3;4-10,12-13,15-16H,11,14H2,1-3H3;1,4-10,12-14H,11H2,2H3;3-9,11-13H,10H2,1-2H3;3-8,10-12H,9H2,1-2H3;1H4/i;;2*2D3;;. The van der Waals surface area contributed by atoms with Gasteiger partial charge in [0, 0.05) is 113 Å². The molecule has 0 bridgehead atoms. The SMILES string of the molecule is C.C#Cc1cccc(C(=O)Cc2ccc(Cl)c(N(CC(C)C)c3cncnc3)c2)c1.Cc1cccc(C(=O)Cc2cc(F)c(F)c(N(C)c3cncnc3)c2)c1.Cc1cccc(C(=O)Cc2ccc(Cl)c(N(CC(C)C)c3cncnc3)c2)c1.[2H]C([2H])([2H])N(c1cncnc1)c1cc(CC(=O)c2cccc(C#C)c2)ccc1Cl.[2H]C([2H])([2H])N(c1cncnc1)c1cc(CC(=O)c2cccc(C)c2)ccc1Cl. The molecule has 26 heteroatoms. The third-order valence-corrected chi connectivity index (χ3v) is 21.7. The van der Waals surface area contributed by atoms with E-state index in [0.717, 1.165) is 85.1 Å². The predicted octanol–water partition coefficient (Wildman–Crippen LogP) is 24.8. The Labute approximate surface area is 816 Å². The first-order valence-corrected chi connectivity index (χ1v) is 43.7. The maximum atomic E-state index is 14.3. The number of carbonyl (C=O) groups excluding carboxylic acids is 5. The predicted molar refractivity (Wildman–Crippen MR) is 539 cm³/mol. The van der Waals surface area contributed by atoms with Crippen molar-refractivity contribution < 1.29 is 41.0 Å². The Morgan fingerprint density at radius 3 is 0.889 bits per heavy atom. The van der Waals surface area contributed by atoms with Gasteiger partial charge in [-0.05, 0) is 164 Å². The van der Waals surface area contributed by atoms with Gasteiger partial charge in [0.2, 0.25) is 0 Å². The average Bonchev–Trinajstić information content (AvgIpc) is 0.790. The van der Waals surface area contributed by atoms with E-state index in [2.05, 4.69) is 99.2 Å². The number of aromatic nitrogens is 10. The number of benzene rings is 10. The van der Waals surface area contributed by atoms with Crippen LogP contribution in [0, 0.1) is 68.9 Å². The van der Waals surface area contributed by atoms with Crippen LogP contribution in [0.2, 0.25) is 20.1 Å². The summed E-state index contributed by atoms with van der Waals surface area (Å²) in [6.45, 7) is 10.8. The summed E-state index contributed by atoms with van der Waals surface area (Å²) in [5.41, 5.74) is 15.8. The van der Waals surface area contributed by atoms with E-state index in [-0.39, 0.29) is 101 Å². The molecule has 0 fully saturated rings. The van der Waals surface area contributed by atoms with Crippen LogP contribution in [-0.4, -0.2) is 113 Å². The number of anilines is 10. The van der Waals surface area contributed by atoms with E-state index in [1.54, 1.807) is 135 Å². The Hall–Kier alpha value is -14.9. The third kappa shape index (κ3) is 29.5. The minimum absolute atomic E-state index is 0. The summed E-state index contributed by atoms with van der Waals surface area (Å²) in [5.74, 6) is 3.64. The van der Waals surface area contributed by atoms with Crippen LogP contribution in [0.3, 0.4) is 0 Å². The summed E-state index contributed by atoms with van der Waals surface area (Å²) in [7, 11) is 1.59. The zero-order chi connectivity index (χ0) is 101. The molecule has 0 unspecified atom stereocenters. The van der Waals surface area contributed by atoms with Gasteiger partial charge in [0.05, 0.1) is 139 Å².